The molecular weight excluding hydrogens is 142 g/mol. The lowest BCUT2D eigenvalue weighted by Gasteiger charge is -2.00. The minimum atomic E-state index is 0.947. The smallest absolute Gasteiger partial charge is 0.0405 e. The van der Waals surface area contributed by atoms with E-state index in [2.05, 4.69) is 30.6 Å². The Morgan fingerprint density at radius 2 is 2.30 bits per heavy atom. The van der Waals surface area contributed by atoms with Crippen LogP contribution in [0, 0.1) is 6.92 Å². The predicted octanol–water partition coefficient (Wildman–Crippen LogP) is 2.24. The summed E-state index contributed by atoms with van der Waals surface area (Å²) in [5.74, 6) is 0. The van der Waals surface area contributed by atoms with Crippen molar-refractivity contribution < 1.29 is 0 Å². The minimum absolute atomic E-state index is 0.947. The fraction of sp³-hybridized carbons (Fsp3) is 0.375. The van der Waals surface area contributed by atoms with Gasteiger partial charge in [-0.15, -0.1) is 12.6 Å². The molecule has 1 aromatic heterocycles. The first-order valence-corrected chi connectivity index (χ1v) is 3.83. The van der Waals surface area contributed by atoms with Crippen LogP contribution in [-0.2, 0) is 6.42 Å². The zero-order chi connectivity index (χ0) is 7.56. The molecular formula is C8H11NS. The average molecular weight is 153 g/mol. The molecule has 0 spiro atoms. The number of thiol groups is 1. The second-order valence-corrected chi connectivity index (χ2v) is 2.81. The maximum absolute atomic E-state index is 4.19. The Labute approximate surface area is 66.9 Å². The van der Waals surface area contributed by atoms with Crippen molar-refractivity contribution in [3.8, 4) is 0 Å². The van der Waals surface area contributed by atoms with Crippen LogP contribution < -0.4 is 0 Å². The Morgan fingerprint density at radius 1 is 1.60 bits per heavy atom. The van der Waals surface area contributed by atoms with Crippen LogP contribution in [0.2, 0.25) is 0 Å². The number of hydrogen-bond donors (Lipinski definition) is 1. The molecule has 0 fully saturated rings. The van der Waals surface area contributed by atoms with Gasteiger partial charge in [0.05, 0.1) is 0 Å². The number of hydrogen-bond acceptors (Lipinski definition) is 2. The molecule has 0 amide bonds. The zero-order valence-electron chi connectivity index (χ0n) is 6.26. The van der Waals surface area contributed by atoms with Crippen LogP contribution in [-0.4, -0.2) is 4.98 Å². The molecule has 0 aliphatic heterocycles. The second-order valence-electron chi connectivity index (χ2n) is 2.29. The van der Waals surface area contributed by atoms with E-state index in [0.717, 1.165) is 17.0 Å². The third-order valence-electron chi connectivity index (χ3n) is 1.56. The quantitative estimate of drug-likeness (QED) is 0.610. The van der Waals surface area contributed by atoms with Crippen LogP contribution in [0.5, 0.6) is 0 Å². The molecule has 0 saturated heterocycles. The lowest BCUT2D eigenvalue weighted by molar-refractivity contribution is 1.02. The van der Waals surface area contributed by atoms with E-state index in [9.17, 15) is 0 Å². The molecule has 0 aliphatic rings. The van der Waals surface area contributed by atoms with Gasteiger partial charge >= 0.3 is 0 Å². The van der Waals surface area contributed by atoms with E-state index >= 15 is 0 Å². The van der Waals surface area contributed by atoms with E-state index in [4.69, 9.17) is 0 Å². The summed E-state index contributed by atoms with van der Waals surface area (Å²) in [6.45, 7) is 4.14. The highest BCUT2D eigenvalue weighted by Gasteiger charge is 1.95. The van der Waals surface area contributed by atoms with E-state index in [0.29, 0.717) is 0 Å². The molecule has 1 nitrogen and oxygen atoms in total. The van der Waals surface area contributed by atoms with E-state index < -0.39 is 0 Å². The molecule has 1 rings (SSSR count). The van der Waals surface area contributed by atoms with Gasteiger partial charge in [0.1, 0.15) is 0 Å². The van der Waals surface area contributed by atoms with Crippen LogP contribution in [0.15, 0.2) is 17.2 Å². The highest BCUT2D eigenvalue weighted by molar-refractivity contribution is 7.80. The van der Waals surface area contributed by atoms with Crippen molar-refractivity contribution in [2.45, 2.75) is 25.2 Å². The summed E-state index contributed by atoms with van der Waals surface area (Å²) in [6.07, 6.45) is 2.81. The Balaban J connectivity index is 3.09. The van der Waals surface area contributed by atoms with Crippen molar-refractivity contribution >= 4 is 12.6 Å². The summed E-state index contributed by atoms with van der Waals surface area (Å²) in [4.78, 5) is 5.12. The Hall–Kier alpha value is -0.500. The fourth-order valence-electron chi connectivity index (χ4n) is 0.924. The van der Waals surface area contributed by atoms with Crippen LogP contribution in [0.4, 0.5) is 0 Å². The number of rotatable bonds is 1. The first kappa shape index (κ1) is 7.61. The summed E-state index contributed by atoms with van der Waals surface area (Å²) in [5.41, 5.74) is 2.40. The number of aryl methyl sites for hydroxylation is 2. The highest BCUT2D eigenvalue weighted by Crippen LogP contribution is 2.10. The van der Waals surface area contributed by atoms with Crippen molar-refractivity contribution in [3.05, 3.63) is 23.5 Å². The van der Waals surface area contributed by atoms with Gasteiger partial charge < -0.3 is 0 Å². The summed E-state index contributed by atoms with van der Waals surface area (Å²) < 4.78 is 0. The molecule has 0 aromatic carbocycles. The topological polar surface area (TPSA) is 12.9 Å². The molecule has 54 valence electrons. The van der Waals surface area contributed by atoms with E-state index in [-0.39, 0.29) is 0 Å². The van der Waals surface area contributed by atoms with Gasteiger partial charge in [0.25, 0.3) is 0 Å². The maximum Gasteiger partial charge on any atom is 0.0405 e. The number of nitrogens with zero attached hydrogens (tertiary/aromatic N) is 1. The first-order valence-electron chi connectivity index (χ1n) is 3.38. The molecule has 2 heteroatoms. The lowest BCUT2D eigenvalue weighted by Crippen LogP contribution is -1.89. The second kappa shape index (κ2) is 3.06. The van der Waals surface area contributed by atoms with E-state index in [1.165, 1.54) is 5.56 Å². The lowest BCUT2D eigenvalue weighted by atomic mass is 10.1. The van der Waals surface area contributed by atoms with Gasteiger partial charge in [0.15, 0.2) is 0 Å². The third kappa shape index (κ3) is 1.51. The molecule has 1 aromatic rings. The van der Waals surface area contributed by atoms with Crippen LogP contribution >= 0.6 is 12.6 Å². The molecule has 0 atom stereocenters. The molecule has 0 N–H and O–H groups in total. The van der Waals surface area contributed by atoms with Gasteiger partial charge in [-0.1, -0.05) is 6.92 Å². The van der Waals surface area contributed by atoms with Crippen molar-refractivity contribution in [1.29, 1.82) is 0 Å². The predicted molar refractivity (Wildman–Crippen MR) is 45.6 cm³/mol. The average Bonchev–Trinajstić information content (AvgIpc) is 1.94. The summed E-state index contributed by atoms with van der Waals surface area (Å²) in [6, 6.07) is 2.06. The SMILES string of the molecule is CCc1cc(S)cnc1C. The van der Waals surface area contributed by atoms with Crippen LogP contribution in [0.1, 0.15) is 18.2 Å². The Morgan fingerprint density at radius 3 is 2.80 bits per heavy atom. The van der Waals surface area contributed by atoms with Gasteiger partial charge in [0.2, 0.25) is 0 Å². The van der Waals surface area contributed by atoms with Crippen LogP contribution in [0.25, 0.3) is 0 Å². The molecule has 0 aliphatic carbocycles. The zero-order valence-corrected chi connectivity index (χ0v) is 7.15. The first-order chi connectivity index (χ1) is 4.74. The highest BCUT2D eigenvalue weighted by atomic mass is 32.1. The number of pyridine rings is 1. The Bertz CT molecular complexity index is 233. The van der Waals surface area contributed by atoms with Crippen molar-refractivity contribution in [3.63, 3.8) is 0 Å². The molecule has 0 unspecified atom stereocenters. The summed E-state index contributed by atoms with van der Waals surface area (Å²) in [7, 11) is 0. The largest absolute Gasteiger partial charge is 0.260 e. The van der Waals surface area contributed by atoms with Gasteiger partial charge in [-0.05, 0) is 25.0 Å². The van der Waals surface area contributed by atoms with Gasteiger partial charge in [-0.25, -0.2) is 0 Å². The summed E-state index contributed by atoms with van der Waals surface area (Å²) >= 11 is 4.19. The summed E-state index contributed by atoms with van der Waals surface area (Å²) in [5, 5.41) is 0. The normalized spacial score (nSPS) is 9.90. The van der Waals surface area contributed by atoms with Crippen molar-refractivity contribution in [2.75, 3.05) is 0 Å². The molecule has 0 saturated carbocycles. The van der Waals surface area contributed by atoms with Crippen LogP contribution in [0.3, 0.4) is 0 Å². The Kier molecular flexibility index (Phi) is 2.33. The number of aromatic nitrogens is 1. The van der Waals surface area contributed by atoms with Crippen molar-refractivity contribution in [1.82, 2.24) is 4.98 Å². The maximum atomic E-state index is 4.19. The van der Waals surface area contributed by atoms with Gasteiger partial charge in [-0.2, -0.15) is 0 Å². The monoisotopic (exact) mass is 153 g/mol. The van der Waals surface area contributed by atoms with Gasteiger partial charge in [0, 0.05) is 16.8 Å². The van der Waals surface area contributed by atoms with Crippen molar-refractivity contribution in [2.24, 2.45) is 0 Å². The van der Waals surface area contributed by atoms with E-state index in [1.54, 1.807) is 6.20 Å². The standard InChI is InChI=1S/C8H11NS/c1-3-7-4-8(10)5-9-6(7)2/h4-5,10H,3H2,1-2H3. The minimum Gasteiger partial charge on any atom is -0.260 e. The van der Waals surface area contributed by atoms with Gasteiger partial charge in [-0.3, -0.25) is 4.98 Å². The van der Waals surface area contributed by atoms with E-state index in [1.807, 2.05) is 6.92 Å². The molecule has 10 heavy (non-hydrogen) atoms. The molecule has 0 bridgehead atoms. The molecule has 1 heterocycles. The fourth-order valence-corrected chi connectivity index (χ4v) is 1.14. The molecule has 0 radical (unpaired) electrons. The third-order valence-corrected chi connectivity index (χ3v) is 1.80.